The molecule has 0 unspecified atom stereocenters. The number of hydrogen-bond acceptors (Lipinski definition) is 7. The van der Waals surface area contributed by atoms with E-state index >= 15 is 0 Å². The van der Waals surface area contributed by atoms with Crippen LogP contribution in [0.15, 0.2) is 34.6 Å². The van der Waals surface area contributed by atoms with Crippen LogP contribution in [-0.2, 0) is 23.6 Å². The second-order valence-electron chi connectivity index (χ2n) is 8.00. The van der Waals surface area contributed by atoms with Gasteiger partial charge < -0.3 is 0 Å². The second-order valence-corrected chi connectivity index (χ2v) is 10.6. The molecule has 1 amide bonds. The molecule has 1 aliphatic heterocycles. The summed E-state index contributed by atoms with van der Waals surface area (Å²) < 4.78 is 79.6. The Bertz CT molecular complexity index is 1280. The van der Waals surface area contributed by atoms with Crippen molar-refractivity contribution in [3.05, 3.63) is 56.4 Å². The van der Waals surface area contributed by atoms with Crippen LogP contribution in [-0.4, -0.2) is 42.3 Å². The molecule has 2 aromatic heterocycles. The number of aryl methyl sites for hydroxylation is 1. The number of thiocarbonyl (C=S) groups is 1. The highest BCUT2D eigenvalue weighted by atomic mass is 32.2. The number of nitrogens with one attached hydrogen (secondary N) is 1. The van der Waals surface area contributed by atoms with Crippen LogP contribution in [0.3, 0.4) is 0 Å². The summed E-state index contributed by atoms with van der Waals surface area (Å²) in [4.78, 5) is 15.2. The molecule has 15 heteroatoms. The number of alkyl halides is 6. The molecule has 0 bridgehead atoms. The van der Waals surface area contributed by atoms with E-state index in [0.29, 0.717) is 51.4 Å². The Kier molecular flexibility index (Phi) is 8.04. The van der Waals surface area contributed by atoms with Gasteiger partial charge in [-0.2, -0.15) is 31.6 Å². The summed E-state index contributed by atoms with van der Waals surface area (Å²) in [5.41, 5.74) is -2.80. The Morgan fingerprint density at radius 2 is 1.68 bits per heavy atom. The lowest BCUT2D eigenvalue weighted by molar-refractivity contribution is -0.143. The summed E-state index contributed by atoms with van der Waals surface area (Å²) in [5.74, 6) is 0.324. The third kappa shape index (κ3) is 6.76. The molecule has 4 rings (SSSR count). The third-order valence-corrected chi connectivity index (χ3v) is 7.62. The molecule has 0 spiro atoms. The fraction of sp³-hybridized carbons (Fsp3) is 0.318. The largest absolute Gasteiger partial charge is 0.416 e. The normalized spacial score (nSPS) is 15.8. The van der Waals surface area contributed by atoms with Crippen molar-refractivity contribution in [1.29, 1.82) is 0 Å². The predicted octanol–water partition coefficient (Wildman–Crippen LogP) is 6.58. The van der Waals surface area contributed by atoms with Gasteiger partial charge in [-0.3, -0.25) is 9.69 Å². The van der Waals surface area contributed by atoms with E-state index in [2.05, 4.69) is 20.6 Å². The lowest BCUT2D eigenvalue weighted by Crippen LogP contribution is -2.29. The molecule has 0 saturated carbocycles. The average Bonchev–Trinajstić information content (AvgIpc) is 3.56. The molecule has 37 heavy (non-hydrogen) atoms. The standard InChI is InChI=1S/C22H17F6N5OS3/c23-21(24,25)14-6-12(7-15(9-14)22(26,27)28)13-8-16(36-11-13)10-17-19(34)33(20(35)37-17)5-3-1-2-4-18-29-31-32-30-18/h6-11H,1-5H2,(H,29,30,31,32). The molecular formula is C22H17F6N5OS3. The van der Waals surface area contributed by atoms with Crippen LogP contribution in [0.5, 0.6) is 0 Å². The van der Waals surface area contributed by atoms with E-state index in [1.54, 1.807) is 6.08 Å². The quantitative estimate of drug-likeness (QED) is 0.141. The number of halogens is 6. The van der Waals surface area contributed by atoms with E-state index in [1.807, 2.05) is 0 Å². The SMILES string of the molecule is O=C1C(=Cc2cc(-c3cc(C(F)(F)F)cc(C(F)(F)F)c3)cs2)SC(=S)N1CCCCCc1nn[nH]n1. The summed E-state index contributed by atoms with van der Waals surface area (Å²) >= 11 is 7.52. The van der Waals surface area contributed by atoms with Crippen LogP contribution in [0.4, 0.5) is 26.3 Å². The molecule has 1 N–H and O–H groups in total. The zero-order valence-corrected chi connectivity index (χ0v) is 21.1. The van der Waals surface area contributed by atoms with E-state index in [-0.39, 0.29) is 23.1 Å². The summed E-state index contributed by atoms with van der Waals surface area (Å²) in [6, 6.07) is 2.90. The van der Waals surface area contributed by atoms with Crippen LogP contribution in [0.2, 0.25) is 0 Å². The van der Waals surface area contributed by atoms with Crippen LogP contribution < -0.4 is 0 Å². The van der Waals surface area contributed by atoms with Gasteiger partial charge in [-0.1, -0.05) is 35.6 Å². The topological polar surface area (TPSA) is 74.8 Å². The molecule has 196 valence electrons. The summed E-state index contributed by atoms with van der Waals surface area (Å²) in [6.07, 6.45) is -5.33. The number of carbonyl (C=O) groups is 1. The second kappa shape index (κ2) is 10.9. The highest BCUT2D eigenvalue weighted by Crippen LogP contribution is 2.40. The van der Waals surface area contributed by atoms with Crippen LogP contribution in [0, 0.1) is 0 Å². The fourth-order valence-corrected chi connectivity index (χ4v) is 5.76. The van der Waals surface area contributed by atoms with E-state index in [1.165, 1.54) is 16.3 Å². The smallest absolute Gasteiger partial charge is 0.293 e. The zero-order chi connectivity index (χ0) is 26.8. The van der Waals surface area contributed by atoms with Crippen molar-refractivity contribution in [3.8, 4) is 11.1 Å². The maximum absolute atomic E-state index is 13.2. The Balaban J connectivity index is 1.44. The molecule has 0 aliphatic carbocycles. The van der Waals surface area contributed by atoms with Gasteiger partial charge in [0.1, 0.15) is 4.32 Å². The van der Waals surface area contributed by atoms with Gasteiger partial charge in [-0.25, -0.2) is 0 Å². The fourth-order valence-electron chi connectivity index (χ4n) is 3.54. The van der Waals surface area contributed by atoms with Crippen molar-refractivity contribution in [1.82, 2.24) is 25.5 Å². The molecule has 0 atom stereocenters. The van der Waals surface area contributed by atoms with Crippen molar-refractivity contribution in [2.75, 3.05) is 6.54 Å². The highest BCUT2D eigenvalue weighted by molar-refractivity contribution is 8.26. The van der Waals surface area contributed by atoms with E-state index in [4.69, 9.17) is 12.2 Å². The molecule has 0 radical (unpaired) electrons. The number of rotatable bonds is 8. The number of unbranched alkanes of at least 4 members (excludes halogenated alkanes) is 2. The maximum Gasteiger partial charge on any atom is 0.416 e. The molecule has 1 aliphatic rings. The first kappa shape index (κ1) is 27.3. The number of thioether (sulfide) groups is 1. The number of thiophene rings is 1. The molecule has 1 aromatic carbocycles. The minimum absolute atomic E-state index is 0.0907. The highest BCUT2D eigenvalue weighted by Gasteiger charge is 2.37. The lowest BCUT2D eigenvalue weighted by Gasteiger charge is -2.13. The number of nitrogens with zero attached hydrogens (tertiary/aromatic N) is 4. The summed E-state index contributed by atoms with van der Waals surface area (Å²) in [6.45, 7) is 0.425. The average molecular weight is 578 g/mol. The molecule has 1 fully saturated rings. The van der Waals surface area contributed by atoms with Crippen molar-refractivity contribution < 1.29 is 31.1 Å². The van der Waals surface area contributed by atoms with Gasteiger partial charge in [0.2, 0.25) is 0 Å². The molecule has 3 aromatic rings. The summed E-state index contributed by atoms with van der Waals surface area (Å²) in [7, 11) is 0. The Morgan fingerprint density at radius 1 is 0.973 bits per heavy atom. The molecule has 3 heterocycles. The number of tetrazole rings is 1. The molecular weight excluding hydrogens is 560 g/mol. The van der Waals surface area contributed by atoms with Gasteiger partial charge in [0, 0.05) is 17.8 Å². The van der Waals surface area contributed by atoms with Gasteiger partial charge in [-0.15, -0.1) is 21.5 Å². The van der Waals surface area contributed by atoms with Crippen molar-refractivity contribution >= 4 is 51.6 Å². The lowest BCUT2D eigenvalue weighted by atomic mass is 10.0. The number of benzene rings is 1. The van der Waals surface area contributed by atoms with Gasteiger partial charge in [0.25, 0.3) is 5.91 Å². The number of carbonyl (C=O) groups excluding carboxylic acids is 1. The van der Waals surface area contributed by atoms with Gasteiger partial charge in [0.05, 0.1) is 16.0 Å². The number of amides is 1. The van der Waals surface area contributed by atoms with Gasteiger partial charge in [0.15, 0.2) is 5.82 Å². The number of aromatic nitrogens is 4. The first-order chi connectivity index (χ1) is 17.4. The Hall–Kier alpha value is -2.78. The maximum atomic E-state index is 13.2. The van der Waals surface area contributed by atoms with Gasteiger partial charge >= 0.3 is 12.4 Å². The van der Waals surface area contributed by atoms with Crippen LogP contribution >= 0.6 is 35.3 Å². The Morgan fingerprint density at radius 3 is 2.30 bits per heavy atom. The monoisotopic (exact) mass is 577 g/mol. The third-order valence-electron chi connectivity index (χ3n) is 5.36. The Labute approximate surface area is 220 Å². The minimum Gasteiger partial charge on any atom is -0.293 e. The van der Waals surface area contributed by atoms with Crippen molar-refractivity contribution in [2.24, 2.45) is 0 Å². The van der Waals surface area contributed by atoms with E-state index in [0.717, 1.165) is 35.9 Å². The van der Waals surface area contributed by atoms with Crippen molar-refractivity contribution in [2.45, 2.75) is 38.0 Å². The number of H-pyrrole nitrogens is 1. The van der Waals surface area contributed by atoms with Crippen LogP contribution in [0.25, 0.3) is 17.2 Å². The van der Waals surface area contributed by atoms with Crippen LogP contribution in [0.1, 0.15) is 41.1 Å². The van der Waals surface area contributed by atoms with E-state index < -0.39 is 23.5 Å². The first-order valence-electron chi connectivity index (χ1n) is 10.8. The minimum atomic E-state index is -4.93. The van der Waals surface area contributed by atoms with Gasteiger partial charge in [-0.05, 0) is 59.7 Å². The van der Waals surface area contributed by atoms with E-state index in [9.17, 15) is 31.1 Å². The number of hydrogen-bond donors (Lipinski definition) is 1. The number of aromatic amines is 1. The first-order valence-corrected chi connectivity index (χ1v) is 12.9. The summed E-state index contributed by atoms with van der Waals surface area (Å²) in [5, 5.41) is 15.1. The molecule has 6 nitrogen and oxygen atoms in total. The zero-order valence-electron chi connectivity index (χ0n) is 18.7. The van der Waals surface area contributed by atoms with Crippen molar-refractivity contribution in [3.63, 3.8) is 0 Å². The molecule has 1 saturated heterocycles. The predicted molar refractivity (Wildman–Crippen MR) is 131 cm³/mol.